The van der Waals surface area contributed by atoms with Crippen LogP contribution < -0.4 is 20.1 Å². The first-order valence-corrected chi connectivity index (χ1v) is 9.13. The van der Waals surface area contributed by atoms with E-state index in [9.17, 15) is 14.0 Å². The molecule has 0 fully saturated rings. The summed E-state index contributed by atoms with van der Waals surface area (Å²) in [5, 5.41) is 6.08. The molecular formula is C21H22FN3O4. The predicted molar refractivity (Wildman–Crippen MR) is 107 cm³/mol. The molecule has 0 spiro atoms. The topological polar surface area (TPSA) is 92.5 Å². The van der Waals surface area contributed by atoms with Crippen LogP contribution in [-0.4, -0.2) is 37.1 Å². The number of ether oxygens (including phenoxy) is 2. The SMILES string of the molecule is CCNC(=O)COc1ccc(CNC(=O)c2cc3cc(F)ccc3[nH]2)cc1OC. The number of rotatable bonds is 8. The number of carbonyl (C=O) groups excluding carboxylic acids is 2. The molecule has 8 heteroatoms. The zero-order chi connectivity index (χ0) is 20.8. The van der Waals surface area contributed by atoms with Crippen molar-refractivity contribution in [2.24, 2.45) is 0 Å². The fraction of sp³-hybridized carbons (Fsp3) is 0.238. The van der Waals surface area contributed by atoms with Gasteiger partial charge in [0.15, 0.2) is 18.1 Å². The van der Waals surface area contributed by atoms with Gasteiger partial charge in [0.25, 0.3) is 11.8 Å². The Morgan fingerprint density at radius 2 is 1.90 bits per heavy atom. The zero-order valence-corrected chi connectivity index (χ0v) is 16.2. The lowest BCUT2D eigenvalue weighted by Crippen LogP contribution is -2.28. The molecule has 29 heavy (non-hydrogen) atoms. The summed E-state index contributed by atoms with van der Waals surface area (Å²) >= 11 is 0. The molecular weight excluding hydrogens is 377 g/mol. The highest BCUT2D eigenvalue weighted by Crippen LogP contribution is 2.28. The molecule has 2 aromatic carbocycles. The Labute approximate surface area is 167 Å². The average Bonchev–Trinajstić information content (AvgIpc) is 3.14. The molecule has 0 aliphatic carbocycles. The Balaban J connectivity index is 1.63. The third kappa shape index (κ3) is 5.04. The maximum absolute atomic E-state index is 13.3. The highest BCUT2D eigenvalue weighted by Gasteiger charge is 2.12. The van der Waals surface area contributed by atoms with E-state index >= 15 is 0 Å². The van der Waals surface area contributed by atoms with Gasteiger partial charge in [-0.25, -0.2) is 4.39 Å². The minimum atomic E-state index is -0.356. The summed E-state index contributed by atoms with van der Waals surface area (Å²) in [6.45, 7) is 2.51. The van der Waals surface area contributed by atoms with Crippen LogP contribution in [0.1, 0.15) is 23.0 Å². The van der Waals surface area contributed by atoms with E-state index in [1.807, 2.05) is 6.92 Å². The van der Waals surface area contributed by atoms with Crippen LogP contribution in [0.4, 0.5) is 4.39 Å². The van der Waals surface area contributed by atoms with Crippen LogP contribution in [0.2, 0.25) is 0 Å². The number of methoxy groups -OCH3 is 1. The second-order valence-electron chi connectivity index (χ2n) is 6.32. The normalized spacial score (nSPS) is 10.6. The number of benzene rings is 2. The van der Waals surface area contributed by atoms with Gasteiger partial charge in [-0.05, 0) is 48.9 Å². The van der Waals surface area contributed by atoms with Crippen molar-refractivity contribution in [3.05, 3.63) is 59.5 Å². The van der Waals surface area contributed by atoms with Gasteiger partial charge in [-0.3, -0.25) is 9.59 Å². The van der Waals surface area contributed by atoms with E-state index in [0.717, 1.165) is 5.56 Å². The first-order chi connectivity index (χ1) is 14.0. The van der Waals surface area contributed by atoms with Crippen molar-refractivity contribution in [1.29, 1.82) is 0 Å². The number of carbonyl (C=O) groups is 2. The molecule has 0 bridgehead atoms. The number of H-pyrrole nitrogens is 1. The minimum absolute atomic E-state index is 0.110. The molecule has 7 nitrogen and oxygen atoms in total. The maximum Gasteiger partial charge on any atom is 0.267 e. The molecule has 0 radical (unpaired) electrons. The second kappa shape index (κ2) is 9.09. The van der Waals surface area contributed by atoms with Gasteiger partial charge >= 0.3 is 0 Å². The summed E-state index contributed by atoms with van der Waals surface area (Å²) in [6, 6.07) is 11.1. The third-order valence-corrected chi connectivity index (χ3v) is 4.24. The molecule has 2 amide bonds. The number of hydrogen-bond donors (Lipinski definition) is 3. The molecule has 0 aliphatic rings. The minimum Gasteiger partial charge on any atom is -0.493 e. The second-order valence-corrected chi connectivity index (χ2v) is 6.32. The molecule has 1 aromatic heterocycles. The van der Waals surface area contributed by atoms with Gasteiger partial charge in [0.05, 0.1) is 7.11 Å². The summed E-state index contributed by atoms with van der Waals surface area (Å²) < 4.78 is 24.1. The number of amides is 2. The van der Waals surface area contributed by atoms with Crippen LogP contribution in [0.3, 0.4) is 0 Å². The third-order valence-electron chi connectivity index (χ3n) is 4.24. The average molecular weight is 399 g/mol. The van der Waals surface area contributed by atoms with E-state index in [2.05, 4.69) is 15.6 Å². The fourth-order valence-electron chi connectivity index (χ4n) is 2.84. The molecule has 0 unspecified atom stereocenters. The van der Waals surface area contributed by atoms with Crippen molar-refractivity contribution in [3.8, 4) is 11.5 Å². The van der Waals surface area contributed by atoms with Gasteiger partial charge in [-0.1, -0.05) is 6.07 Å². The Bertz CT molecular complexity index is 1030. The maximum atomic E-state index is 13.3. The fourth-order valence-corrected chi connectivity index (χ4v) is 2.84. The summed E-state index contributed by atoms with van der Waals surface area (Å²) in [6.07, 6.45) is 0. The molecule has 3 rings (SSSR count). The molecule has 0 saturated heterocycles. The van der Waals surface area contributed by atoms with Crippen molar-refractivity contribution in [2.45, 2.75) is 13.5 Å². The molecule has 1 heterocycles. The Morgan fingerprint density at radius 1 is 1.07 bits per heavy atom. The lowest BCUT2D eigenvalue weighted by atomic mass is 10.2. The van der Waals surface area contributed by atoms with Crippen molar-refractivity contribution >= 4 is 22.7 Å². The number of aromatic amines is 1. The Kier molecular flexibility index (Phi) is 6.33. The molecule has 0 aliphatic heterocycles. The van der Waals surface area contributed by atoms with Gasteiger partial charge in [-0.15, -0.1) is 0 Å². The quantitative estimate of drug-likeness (QED) is 0.543. The van der Waals surface area contributed by atoms with Crippen LogP contribution in [0.25, 0.3) is 10.9 Å². The number of nitrogens with one attached hydrogen (secondary N) is 3. The number of hydrogen-bond acceptors (Lipinski definition) is 4. The van der Waals surface area contributed by atoms with E-state index in [4.69, 9.17) is 9.47 Å². The zero-order valence-electron chi connectivity index (χ0n) is 16.2. The molecule has 152 valence electrons. The van der Waals surface area contributed by atoms with Crippen LogP contribution in [-0.2, 0) is 11.3 Å². The van der Waals surface area contributed by atoms with Gasteiger partial charge in [0.1, 0.15) is 11.5 Å². The summed E-state index contributed by atoms with van der Waals surface area (Å²) in [5.74, 6) is 0.0138. The van der Waals surface area contributed by atoms with Crippen LogP contribution in [0, 0.1) is 5.82 Å². The number of halogens is 1. The first kappa shape index (κ1) is 20.2. The van der Waals surface area contributed by atoms with Crippen LogP contribution in [0.15, 0.2) is 42.5 Å². The van der Waals surface area contributed by atoms with Gasteiger partial charge in [0.2, 0.25) is 0 Å². The van der Waals surface area contributed by atoms with Gasteiger partial charge in [0, 0.05) is 24.0 Å². The first-order valence-electron chi connectivity index (χ1n) is 9.13. The van der Waals surface area contributed by atoms with E-state index in [0.29, 0.717) is 34.6 Å². The predicted octanol–water partition coefficient (Wildman–Crippen LogP) is 2.76. The van der Waals surface area contributed by atoms with Crippen molar-refractivity contribution < 1.29 is 23.5 Å². The largest absolute Gasteiger partial charge is 0.493 e. The Morgan fingerprint density at radius 3 is 2.66 bits per heavy atom. The standard InChI is InChI=1S/C21H22FN3O4/c1-3-23-20(26)12-29-18-7-4-13(8-19(18)28-2)11-24-21(27)17-10-14-9-15(22)5-6-16(14)25-17/h4-10,25H,3,11-12H2,1-2H3,(H,23,26)(H,24,27). The van der Waals surface area contributed by atoms with E-state index in [1.165, 1.54) is 19.2 Å². The highest BCUT2D eigenvalue weighted by atomic mass is 19.1. The monoisotopic (exact) mass is 399 g/mol. The van der Waals surface area contributed by atoms with E-state index in [1.54, 1.807) is 30.3 Å². The summed E-state index contributed by atoms with van der Waals surface area (Å²) in [5.41, 5.74) is 1.83. The number of fused-ring (bicyclic) bond motifs is 1. The smallest absolute Gasteiger partial charge is 0.267 e. The van der Waals surface area contributed by atoms with E-state index < -0.39 is 0 Å². The van der Waals surface area contributed by atoms with E-state index in [-0.39, 0.29) is 30.8 Å². The molecule has 3 aromatic rings. The lowest BCUT2D eigenvalue weighted by Gasteiger charge is -2.12. The summed E-state index contributed by atoms with van der Waals surface area (Å²) in [4.78, 5) is 26.9. The summed E-state index contributed by atoms with van der Waals surface area (Å²) in [7, 11) is 1.50. The van der Waals surface area contributed by atoms with Gasteiger partial charge < -0.3 is 25.1 Å². The number of aromatic nitrogens is 1. The lowest BCUT2D eigenvalue weighted by molar-refractivity contribution is -0.123. The van der Waals surface area contributed by atoms with Crippen LogP contribution in [0.5, 0.6) is 11.5 Å². The Hall–Kier alpha value is -3.55. The van der Waals surface area contributed by atoms with Crippen molar-refractivity contribution in [1.82, 2.24) is 15.6 Å². The number of likely N-dealkylation sites (N-methyl/N-ethyl adjacent to an activating group) is 1. The highest BCUT2D eigenvalue weighted by molar-refractivity contribution is 5.98. The van der Waals surface area contributed by atoms with Crippen molar-refractivity contribution in [3.63, 3.8) is 0 Å². The molecule has 3 N–H and O–H groups in total. The molecule has 0 atom stereocenters. The molecule has 0 saturated carbocycles. The van der Waals surface area contributed by atoms with Crippen molar-refractivity contribution in [2.75, 3.05) is 20.3 Å². The van der Waals surface area contributed by atoms with Gasteiger partial charge in [-0.2, -0.15) is 0 Å². The van der Waals surface area contributed by atoms with Crippen LogP contribution >= 0.6 is 0 Å².